The maximum absolute atomic E-state index is 9.31. The summed E-state index contributed by atoms with van der Waals surface area (Å²) >= 11 is 0. The topological polar surface area (TPSA) is 54.4 Å². The van der Waals surface area contributed by atoms with Crippen LogP contribution in [0.4, 0.5) is 5.82 Å². The number of methoxy groups -OCH3 is 1. The van der Waals surface area contributed by atoms with Gasteiger partial charge in [-0.1, -0.05) is 6.92 Å². The van der Waals surface area contributed by atoms with E-state index in [1.165, 1.54) is 0 Å². The van der Waals surface area contributed by atoms with Crippen LogP contribution < -0.4 is 10.1 Å². The fourth-order valence-electron chi connectivity index (χ4n) is 0.972. The van der Waals surface area contributed by atoms with Crippen molar-refractivity contribution in [1.29, 1.82) is 0 Å². The maximum Gasteiger partial charge on any atom is 0.137 e. The van der Waals surface area contributed by atoms with E-state index in [9.17, 15) is 5.11 Å². The lowest BCUT2D eigenvalue weighted by molar-refractivity contribution is 0.183. The Labute approximate surface area is 83.9 Å². The van der Waals surface area contributed by atoms with Crippen molar-refractivity contribution < 1.29 is 9.84 Å². The molecule has 0 aromatic carbocycles. The molecule has 2 N–H and O–H groups in total. The molecule has 0 amide bonds. The first kappa shape index (κ1) is 10.8. The van der Waals surface area contributed by atoms with Crippen LogP contribution in [0, 0.1) is 0 Å². The number of aliphatic hydroxyl groups excluding tert-OH is 1. The molecule has 0 aliphatic heterocycles. The highest BCUT2D eigenvalue weighted by Crippen LogP contribution is 2.10. The summed E-state index contributed by atoms with van der Waals surface area (Å²) in [6.45, 7) is 2.46. The van der Waals surface area contributed by atoms with Gasteiger partial charge in [0.25, 0.3) is 0 Å². The molecule has 14 heavy (non-hydrogen) atoms. The van der Waals surface area contributed by atoms with Gasteiger partial charge < -0.3 is 15.2 Å². The monoisotopic (exact) mass is 196 g/mol. The molecular weight excluding hydrogens is 180 g/mol. The number of nitrogens with zero attached hydrogens (tertiary/aromatic N) is 1. The Balaban J connectivity index is 2.43. The first-order chi connectivity index (χ1) is 6.76. The number of aliphatic hydroxyl groups is 1. The van der Waals surface area contributed by atoms with Gasteiger partial charge in [0.2, 0.25) is 0 Å². The lowest BCUT2D eigenvalue weighted by Crippen LogP contribution is -2.18. The number of aromatic nitrogens is 1. The zero-order valence-electron chi connectivity index (χ0n) is 8.53. The van der Waals surface area contributed by atoms with Crippen molar-refractivity contribution in [2.45, 2.75) is 19.4 Å². The minimum Gasteiger partial charge on any atom is -0.495 e. The molecule has 4 heteroatoms. The van der Waals surface area contributed by atoms with Crippen LogP contribution in [0.25, 0.3) is 0 Å². The summed E-state index contributed by atoms with van der Waals surface area (Å²) in [5, 5.41) is 12.3. The summed E-state index contributed by atoms with van der Waals surface area (Å²) in [6.07, 6.45) is 2.06. The van der Waals surface area contributed by atoms with Crippen LogP contribution in [0.1, 0.15) is 13.3 Å². The van der Waals surface area contributed by atoms with Crippen LogP contribution >= 0.6 is 0 Å². The van der Waals surface area contributed by atoms with Gasteiger partial charge in [0, 0.05) is 6.54 Å². The molecule has 1 atom stereocenters. The van der Waals surface area contributed by atoms with Crippen LogP contribution in [0.5, 0.6) is 5.75 Å². The molecule has 0 aliphatic carbocycles. The molecule has 78 valence electrons. The Bertz CT molecular complexity index is 261. The second-order valence-electron chi connectivity index (χ2n) is 3.03. The van der Waals surface area contributed by atoms with Crippen molar-refractivity contribution in [3.8, 4) is 5.75 Å². The van der Waals surface area contributed by atoms with Crippen molar-refractivity contribution in [2.75, 3.05) is 19.0 Å². The molecule has 0 saturated heterocycles. The minimum absolute atomic E-state index is 0.320. The zero-order valence-corrected chi connectivity index (χ0v) is 8.53. The van der Waals surface area contributed by atoms with Gasteiger partial charge in [-0.3, -0.25) is 0 Å². The third-order valence-electron chi connectivity index (χ3n) is 1.96. The highest BCUT2D eigenvalue weighted by atomic mass is 16.5. The molecule has 0 radical (unpaired) electrons. The van der Waals surface area contributed by atoms with Gasteiger partial charge in [-0.05, 0) is 18.6 Å². The maximum atomic E-state index is 9.31. The Morgan fingerprint density at radius 3 is 2.86 bits per heavy atom. The van der Waals surface area contributed by atoms with E-state index in [1.807, 2.05) is 19.1 Å². The Kier molecular flexibility index (Phi) is 4.19. The predicted octanol–water partition coefficient (Wildman–Crippen LogP) is 1.27. The molecule has 1 aromatic rings. The highest BCUT2D eigenvalue weighted by molar-refractivity contribution is 5.37. The molecule has 1 aromatic heterocycles. The molecule has 1 heterocycles. The van der Waals surface area contributed by atoms with Gasteiger partial charge in [0.05, 0.1) is 19.4 Å². The van der Waals surface area contributed by atoms with Gasteiger partial charge in [-0.2, -0.15) is 0 Å². The summed E-state index contributed by atoms with van der Waals surface area (Å²) in [5.41, 5.74) is 0. The second kappa shape index (κ2) is 5.44. The lowest BCUT2D eigenvalue weighted by atomic mass is 10.3. The van der Waals surface area contributed by atoms with E-state index in [-0.39, 0.29) is 6.10 Å². The molecule has 0 aliphatic rings. The van der Waals surface area contributed by atoms with Crippen LogP contribution in [-0.2, 0) is 0 Å². The number of pyridine rings is 1. The molecule has 1 unspecified atom stereocenters. The third kappa shape index (κ3) is 3.22. The number of anilines is 1. The van der Waals surface area contributed by atoms with E-state index in [4.69, 9.17) is 4.74 Å². The summed E-state index contributed by atoms with van der Waals surface area (Å²) in [7, 11) is 1.60. The van der Waals surface area contributed by atoms with E-state index < -0.39 is 0 Å². The van der Waals surface area contributed by atoms with Crippen LogP contribution in [-0.4, -0.2) is 29.8 Å². The second-order valence-corrected chi connectivity index (χ2v) is 3.03. The van der Waals surface area contributed by atoms with E-state index >= 15 is 0 Å². The smallest absolute Gasteiger partial charge is 0.137 e. The fourth-order valence-corrected chi connectivity index (χ4v) is 0.972. The number of rotatable bonds is 5. The highest BCUT2D eigenvalue weighted by Gasteiger charge is 2.00. The van der Waals surface area contributed by atoms with E-state index in [1.54, 1.807) is 13.3 Å². The number of hydrogen-bond acceptors (Lipinski definition) is 4. The van der Waals surface area contributed by atoms with Gasteiger partial charge in [0.1, 0.15) is 11.6 Å². The molecule has 0 fully saturated rings. The van der Waals surface area contributed by atoms with Gasteiger partial charge >= 0.3 is 0 Å². The summed E-state index contributed by atoms with van der Waals surface area (Å²) in [5.74, 6) is 1.48. The van der Waals surface area contributed by atoms with Gasteiger partial charge in [-0.15, -0.1) is 0 Å². The number of ether oxygens (including phenoxy) is 1. The standard InChI is InChI=1S/C10H16N2O2/c1-3-8(13)6-11-10-5-4-9(14-2)7-12-10/h4-5,7-8,13H,3,6H2,1-2H3,(H,11,12). The van der Waals surface area contributed by atoms with E-state index in [0.29, 0.717) is 6.54 Å². The molecular formula is C10H16N2O2. The Morgan fingerprint density at radius 2 is 2.36 bits per heavy atom. The zero-order chi connectivity index (χ0) is 10.4. The van der Waals surface area contributed by atoms with E-state index in [2.05, 4.69) is 10.3 Å². The van der Waals surface area contributed by atoms with Crippen LogP contribution in [0.2, 0.25) is 0 Å². The average Bonchev–Trinajstić information content (AvgIpc) is 2.26. The summed E-state index contributed by atoms with van der Waals surface area (Å²) in [4.78, 5) is 4.11. The quantitative estimate of drug-likeness (QED) is 0.744. The van der Waals surface area contributed by atoms with Gasteiger partial charge in [0.15, 0.2) is 0 Å². The largest absolute Gasteiger partial charge is 0.495 e. The predicted molar refractivity (Wildman–Crippen MR) is 55.6 cm³/mol. The first-order valence-corrected chi connectivity index (χ1v) is 4.68. The van der Waals surface area contributed by atoms with Crippen molar-refractivity contribution in [3.63, 3.8) is 0 Å². The fraction of sp³-hybridized carbons (Fsp3) is 0.500. The van der Waals surface area contributed by atoms with Gasteiger partial charge in [-0.25, -0.2) is 4.98 Å². The van der Waals surface area contributed by atoms with Crippen molar-refractivity contribution >= 4 is 5.82 Å². The van der Waals surface area contributed by atoms with Crippen molar-refractivity contribution in [1.82, 2.24) is 4.98 Å². The summed E-state index contributed by atoms with van der Waals surface area (Å²) in [6, 6.07) is 3.65. The normalized spacial score (nSPS) is 12.2. The minimum atomic E-state index is -0.320. The van der Waals surface area contributed by atoms with Crippen molar-refractivity contribution in [2.24, 2.45) is 0 Å². The number of hydrogen-bond donors (Lipinski definition) is 2. The average molecular weight is 196 g/mol. The number of nitrogens with one attached hydrogen (secondary N) is 1. The Hall–Kier alpha value is -1.29. The van der Waals surface area contributed by atoms with Crippen LogP contribution in [0.15, 0.2) is 18.3 Å². The Morgan fingerprint density at radius 1 is 1.57 bits per heavy atom. The SMILES string of the molecule is CCC(O)CNc1ccc(OC)cn1. The molecule has 0 saturated carbocycles. The van der Waals surface area contributed by atoms with E-state index in [0.717, 1.165) is 18.0 Å². The summed E-state index contributed by atoms with van der Waals surface area (Å²) < 4.78 is 4.98. The molecule has 0 bridgehead atoms. The first-order valence-electron chi connectivity index (χ1n) is 4.68. The molecule has 1 rings (SSSR count). The van der Waals surface area contributed by atoms with Crippen molar-refractivity contribution in [3.05, 3.63) is 18.3 Å². The lowest BCUT2D eigenvalue weighted by Gasteiger charge is -2.09. The molecule has 0 spiro atoms. The third-order valence-corrected chi connectivity index (χ3v) is 1.96. The van der Waals surface area contributed by atoms with Crippen LogP contribution in [0.3, 0.4) is 0 Å². The molecule has 4 nitrogen and oxygen atoms in total.